The number of rotatable bonds is 4. The Morgan fingerprint density at radius 1 is 1.36 bits per heavy atom. The summed E-state index contributed by atoms with van der Waals surface area (Å²) in [6.07, 6.45) is -0.411. The lowest BCUT2D eigenvalue weighted by Gasteiger charge is -2.12. The van der Waals surface area contributed by atoms with Crippen molar-refractivity contribution in [3.8, 4) is 0 Å². The molecule has 2 N–H and O–H groups in total. The Labute approximate surface area is 131 Å². The van der Waals surface area contributed by atoms with Crippen LogP contribution < -0.4 is 5.32 Å². The third-order valence-corrected chi connectivity index (χ3v) is 4.14. The van der Waals surface area contributed by atoms with Gasteiger partial charge in [-0.3, -0.25) is 19.3 Å². The third-order valence-electron chi connectivity index (χ3n) is 3.81. The highest BCUT2D eigenvalue weighted by Crippen LogP contribution is 2.35. The Balaban J connectivity index is 2.06. The Morgan fingerprint density at radius 3 is 2.77 bits per heavy atom. The highest BCUT2D eigenvalue weighted by molar-refractivity contribution is 6.35. The van der Waals surface area contributed by atoms with Gasteiger partial charge >= 0.3 is 5.97 Å². The summed E-state index contributed by atoms with van der Waals surface area (Å²) in [4.78, 5) is 37.6. The van der Waals surface area contributed by atoms with E-state index in [1.165, 1.54) is 4.90 Å². The SMILES string of the molecule is O=C(O)C[C@@H]1C(=O)N2CCNC2=C1C(=O)c1ccccc1Cl. The third kappa shape index (κ3) is 2.25. The number of hydrogen-bond acceptors (Lipinski definition) is 4. The lowest BCUT2D eigenvalue weighted by atomic mass is 9.90. The van der Waals surface area contributed by atoms with Crippen LogP contribution in [0.3, 0.4) is 0 Å². The molecule has 0 radical (unpaired) electrons. The maximum Gasteiger partial charge on any atom is 0.304 e. The lowest BCUT2D eigenvalue weighted by molar-refractivity contribution is -0.141. The van der Waals surface area contributed by atoms with Crippen LogP contribution in [0.15, 0.2) is 35.7 Å². The van der Waals surface area contributed by atoms with Crippen molar-refractivity contribution in [2.45, 2.75) is 6.42 Å². The van der Waals surface area contributed by atoms with E-state index >= 15 is 0 Å². The van der Waals surface area contributed by atoms with Crippen LogP contribution in [0.5, 0.6) is 0 Å². The van der Waals surface area contributed by atoms with E-state index in [0.717, 1.165) is 0 Å². The number of amides is 1. The summed E-state index contributed by atoms with van der Waals surface area (Å²) in [5.41, 5.74) is 0.461. The minimum absolute atomic E-state index is 0.193. The average Bonchev–Trinajstić information content (AvgIpc) is 3.02. The van der Waals surface area contributed by atoms with Gasteiger partial charge in [0.25, 0.3) is 0 Å². The van der Waals surface area contributed by atoms with Crippen LogP contribution in [0.1, 0.15) is 16.8 Å². The molecule has 1 aromatic rings. The fourth-order valence-electron chi connectivity index (χ4n) is 2.85. The molecular formula is C15H13ClN2O4. The quantitative estimate of drug-likeness (QED) is 0.816. The Bertz CT molecular complexity index is 713. The second-order valence-electron chi connectivity index (χ2n) is 5.14. The van der Waals surface area contributed by atoms with Crippen molar-refractivity contribution in [3.63, 3.8) is 0 Å². The maximum absolute atomic E-state index is 12.8. The van der Waals surface area contributed by atoms with Crippen molar-refractivity contribution >= 4 is 29.3 Å². The number of halogens is 1. The van der Waals surface area contributed by atoms with Gasteiger partial charge in [-0.1, -0.05) is 23.7 Å². The predicted molar refractivity (Wildman–Crippen MR) is 78.3 cm³/mol. The van der Waals surface area contributed by atoms with Crippen LogP contribution in [0, 0.1) is 5.92 Å². The molecule has 2 aliphatic heterocycles. The smallest absolute Gasteiger partial charge is 0.304 e. The van der Waals surface area contributed by atoms with Crippen molar-refractivity contribution in [2.24, 2.45) is 5.92 Å². The topological polar surface area (TPSA) is 86.7 Å². The zero-order chi connectivity index (χ0) is 15.9. The van der Waals surface area contributed by atoms with E-state index in [1.807, 2.05) is 0 Å². The Morgan fingerprint density at radius 2 is 2.09 bits per heavy atom. The summed E-state index contributed by atoms with van der Waals surface area (Å²) in [7, 11) is 0. The van der Waals surface area contributed by atoms with Crippen LogP contribution >= 0.6 is 11.6 Å². The highest BCUT2D eigenvalue weighted by Gasteiger charge is 2.45. The zero-order valence-corrected chi connectivity index (χ0v) is 12.3. The molecule has 2 aliphatic rings. The lowest BCUT2D eigenvalue weighted by Crippen LogP contribution is -2.29. The molecule has 114 valence electrons. The van der Waals surface area contributed by atoms with Crippen molar-refractivity contribution in [1.29, 1.82) is 0 Å². The number of carbonyl (C=O) groups is 3. The summed E-state index contributed by atoms with van der Waals surface area (Å²) in [6.45, 7) is 0.976. The largest absolute Gasteiger partial charge is 0.481 e. The molecule has 0 aliphatic carbocycles. The van der Waals surface area contributed by atoms with E-state index < -0.39 is 24.1 Å². The summed E-state index contributed by atoms with van der Waals surface area (Å²) in [5.74, 6) is -2.43. The number of hydrogen-bond donors (Lipinski definition) is 2. The molecule has 1 fully saturated rings. The molecule has 0 unspecified atom stereocenters. The van der Waals surface area contributed by atoms with Gasteiger partial charge in [0.05, 0.1) is 22.9 Å². The molecule has 0 aromatic heterocycles. The number of nitrogens with one attached hydrogen (secondary N) is 1. The van der Waals surface area contributed by atoms with Gasteiger partial charge in [-0.25, -0.2) is 0 Å². The number of carboxylic acids is 1. The maximum atomic E-state index is 12.8. The summed E-state index contributed by atoms with van der Waals surface area (Å²) in [5, 5.41) is 12.3. The standard InChI is InChI=1S/C15H13ClN2O4/c16-10-4-2-1-3-8(10)13(21)12-9(7-11(19)20)15(22)18-6-5-17-14(12)18/h1-4,9,17H,5-7H2,(H,19,20)/t9-/m0/s1. The summed E-state index contributed by atoms with van der Waals surface area (Å²) in [6, 6.07) is 6.53. The molecule has 0 bridgehead atoms. The molecular weight excluding hydrogens is 308 g/mol. The van der Waals surface area contributed by atoms with Crippen LogP contribution in [-0.4, -0.2) is 40.8 Å². The van der Waals surface area contributed by atoms with Gasteiger partial charge in [0.1, 0.15) is 5.82 Å². The van der Waals surface area contributed by atoms with Crippen molar-refractivity contribution in [3.05, 3.63) is 46.2 Å². The van der Waals surface area contributed by atoms with E-state index in [-0.39, 0.29) is 22.1 Å². The minimum Gasteiger partial charge on any atom is -0.481 e. The van der Waals surface area contributed by atoms with E-state index in [2.05, 4.69) is 5.32 Å². The molecule has 1 aromatic carbocycles. The second kappa shape index (κ2) is 5.46. The van der Waals surface area contributed by atoms with E-state index in [9.17, 15) is 14.4 Å². The fraction of sp³-hybridized carbons (Fsp3) is 0.267. The number of carboxylic acid groups (broad SMARTS) is 1. The first kappa shape index (κ1) is 14.6. The zero-order valence-electron chi connectivity index (χ0n) is 11.5. The monoisotopic (exact) mass is 320 g/mol. The van der Waals surface area contributed by atoms with Crippen LogP contribution in [0.4, 0.5) is 0 Å². The normalized spacial score (nSPS) is 20.1. The number of carbonyl (C=O) groups excluding carboxylic acids is 2. The number of ketones is 1. The van der Waals surface area contributed by atoms with E-state index in [4.69, 9.17) is 16.7 Å². The molecule has 7 heteroatoms. The highest BCUT2D eigenvalue weighted by atomic mass is 35.5. The summed E-state index contributed by atoms with van der Waals surface area (Å²) >= 11 is 6.05. The molecule has 0 saturated carbocycles. The van der Waals surface area contributed by atoms with Crippen molar-refractivity contribution < 1.29 is 19.5 Å². The van der Waals surface area contributed by atoms with Gasteiger partial charge in [0.2, 0.25) is 5.91 Å². The number of fused-ring (bicyclic) bond motifs is 1. The molecule has 3 rings (SSSR count). The number of nitrogens with zero attached hydrogens (tertiary/aromatic N) is 1. The molecule has 1 atom stereocenters. The number of benzene rings is 1. The molecule has 1 saturated heterocycles. The van der Waals surface area contributed by atoms with Crippen LogP contribution in [-0.2, 0) is 9.59 Å². The molecule has 22 heavy (non-hydrogen) atoms. The second-order valence-corrected chi connectivity index (χ2v) is 5.55. The van der Waals surface area contributed by atoms with Gasteiger partial charge in [0, 0.05) is 18.7 Å². The van der Waals surface area contributed by atoms with Crippen molar-refractivity contribution in [2.75, 3.05) is 13.1 Å². The first-order valence-electron chi connectivity index (χ1n) is 6.81. The van der Waals surface area contributed by atoms with Gasteiger partial charge < -0.3 is 10.4 Å². The Hall–Kier alpha value is -2.34. The average molecular weight is 321 g/mol. The van der Waals surface area contributed by atoms with E-state index in [0.29, 0.717) is 18.9 Å². The van der Waals surface area contributed by atoms with Gasteiger partial charge in [-0.2, -0.15) is 0 Å². The molecule has 0 spiro atoms. The minimum atomic E-state index is -1.12. The Kier molecular flexibility index (Phi) is 3.62. The van der Waals surface area contributed by atoms with Gasteiger partial charge in [-0.05, 0) is 12.1 Å². The molecule has 6 nitrogen and oxygen atoms in total. The van der Waals surface area contributed by atoms with Crippen LogP contribution in [0.25, 0.3) is 0 Å². The van der Waals surface area contributed by atoms with Crippen LogP contribution in [0.2, 0.25) is 5.02 Å². The van der Waals surface area contributed by atoms with E-state index in [1.54, 1.807) is 24.3 Å². The number of Topliss-reactive ketones (excluding diaryl/α,β-unsaturated/α-hetero) is 1. The molecule has 2 heterocycles. The predicted octanol–water partition coefficient (Wildman–Crippen LogP) is 1.27. The first-order valence-corrected chi connectivity index (χ1v) is 7.19. The summed E-state index contributed by atoms with van der Waals surface area (Å²) < 4.78 is 0. The number of aliphatic carboxylic acids is 1. The van der Waals surface area contributed by atoms with Crippen molar-refractivity contribution in [1.82, 2.24) is 10.2 Å². The van der Waals surface area contributed by atoms with Gasteiger partial charge in [0.15, 0.2) is 5.78 Å². The first-order chi connectivity index (χ1) is 10.5. The molecule has 1 amide bonds. The fourth-order valence-corrected chi connectivity index (χ4v) is 3.07. The van der Waals surface area contributed by atoms with Gasteiger partial charge in [-0.15, -0.1) is 0 Å².